The molecule has 1 saturated heterocycles. The van der Waals surface area contributed by atoms with E-state index in [1.165, 1.54) is 0 Å². The van der Waals surface area contributed by atoms with Gasteiger partial charge in [-0.1, -0.05) is 31.5 Å². The van der Waals surface area contributed by atoms with Crippen LogP contribution in [0.5, 0.6) is 5.75 Å². The maximum Gasteiger partial charge on any atom is 0.326 e. The zero-order chi connectivity index (χ0) is 23.7. The molecule has 0 amide bonds. The minimum absolute atomic E-state index is 0.250. The summed E-state index contributed by atoms with van der Waals surface area (Å²) in [5.41, 5.74) is 4.84. The first-order valence-electron chi connectivity index (χ1n) is 10.4. The van der Waals surface area contributed by atoms with Gasteiger partial charge in [0.2, 0.25) is 0 Å². The molecule has 32 heavy (non-hydrogen) atoms. The number of hydrazine groups is 1. The first-order valence-corrected chi connectivity index (χ1v) is 10.4. The lowest BCUT2D eigenvalue weighted by Crippen LogP contribution is -2.29. The molecule has 1 aromatic carbocycles. The van der Waals surface area contributed by atoms with E-state index in [1.54, 1.807) is 46.6 Å². The van der Waals surface area contributed by atoms with E-state index in [2.05, 4.69) is 29.4 Å². The van der Waals surface area contributed by atoms with Crippen molar-refractivity contribution in [2.45, 2.75) is 40.2 Å². The Morgan fingerprint density at radius 3 is 2.84 bits per heavy atom. The second kappa shape index (κ2) is 12.0. The third kappa shape index (κ3) is 6.65. The summed E-state index contributed by atoms with van der Waals surface area (Å²) in [4.78, 5) is 23.9. The fourth-order valence-corrected chi connectivity index (χ4v) is 3.38. The molecular weight excluding hydrogens is 411 g/mol. The second-order valence-corrected chi connectivity index (χ2v) is 7.69. The predicted octanol–water partition coefficient (Wildman–Crippen LogP) is 2.83. The van der Waals surface area contributed by atoms with E-state index in [0.29, 0.717) is 28.6 Å². The van der Waals surface area contributed by atoms with E-state index in [-0.39, 0.29) is 12.2 Å². The molecule has 0 spiro atoms. The van der Waals surface area contributed by atoms with Gasteiger partial charge in [0, 0.05) is 35.6 Å². The molecule has 0 saturated carbocycles. The summed E-state index contributed by atoms with van der Waals surface area (Å²) in [7, 11) is 0. The molecule has 1 aliphatic heterocycles. The van der Waals surface area contributed by atoms with Gasteiger partial charge in [0.15, 0.2) is 5.75 Å². The molecule has 1 atom stereocenters. The maximum absolute atomic E-state index is 12.2. The van der Waals surface area contributed by atoms with Crippen LogP contribution in [0, 0.1) is 25.2 Å². The number of nitrogens with zero attached hydrogens (tertiary/aromatic N) is 3. The monoisotopic (exact) mass is 442 g/mol. The average molecular weight is 443 g/mol. The van der Waals surface area contributed by atoms with Crippen LogP contribution in [0.3, 0.4) is 0 Å². The maximum atomic E-state index is 12.2. The van der Waals surface area contributed by atoms with E-state index < -0.39 is 0 Å². The van der Waals surface area contributed by atoms with Crippen LogP contribution >= 0.6 is 0 Å². The number of rotatable bonds is 7. The zero-order valence-electron chi connectivity index (χ0n) is 18.8. The summed E-state index contributed by atoms with van der Waals surface area (Å²) in [6.45, 7) is 11.4. The highest BCUT2D eigenvalue weighted by molar-refractivity contribution is 5.79. The standard InChI is InChI=1S/C17H18N4O2.C6H13FN2/c1-5-13-6-7-16(23-18)14(8-13)10-21-12(4)15(20-17(21)22)9-19-11(2)3;1-2-6-3-4-9(5-6)8-7/h1,6-9H,2,10,18H2,3-4H3,(H,20,22);6,8H,2-5H2,1H3/t;6-/m.1/s1. The van der Waals surface area contributed by atoms with Gasteiger partial charge >= 0.3 is 5.69 Å². The minimum atomic E-state index is -0.250. The molecule has 1 aromatic heterocycles. The van der Waals surface area contributed by atoms with Gasteiger partial charge in [-0.3, -0.25) is 9.56 Å². The quantitative estimate of drug-likeness (QED) is 0.265. The summed E-state index contributed by atoms with van der Waals surface area (Å²) in [6.07, 6.45) is 9.29. The number of nitrogens with two attached hydrogens (primary N) is 1. The Kier molecular flexibility index (Phi) is 9.40. The summed E-state index contributed by atoms with van der Waals surface area (Å²) >= 11 is 0. The third-order valence-corrected chi connectivity index (χ3v) is 5.36. The van der Waals surface area contributed by atoms with Crippen molar-refractivity contribution in [2.75, 3.05) is 13.1 Å². The molecule has 9 heteroatoms. The number of allylic oxidation sites excluding steroid dienone is 1. The molecule has 0 bridgehead atoms. The number of imidazole rings is 1. The average Bonchev–Trinajstić information content (AvgIpc) is 3.37. The number of hydrogen-bond donors (Lipinski definition) is 3. The lowest BCUT2D eigenvalue weighted by atomic mass is 10.1. The molecule has 172 valence electrons. The number of aliphatic imine (C=N–C) groups is 1. The Balaban J connectivity index is 0.000000336. The van der Waals surface area contributed by atoms with Gasteiger partial charge in [-0.2, -0.15) is 5.90 Å². The Morgan fingerprint density at radius 2 is 2.31 bits per heavy atom. The van der Waals surface area contributed by atoms with Crippen molar-refractivity contribution in [3.8, 4) is 18.1 Å². The van der Waals surface area contributed by atoms with Crippen molar-refractivity contribution in [1.29, 1.82) is 0 Å². The second-order valence-electron chi connectivity index (χ2n) is 7.69. The molecular formula is C23H31FN6O2. The summed E-state index contributed by atoms with van der Waals surface area (Å²) < 4.78 is 13.3. The summed E-state index contributed by atoms with van der Waals surface area (Å²) in [5.74, 6) is 9.00. The smallest absolute Gasteiger partial charge is 0.326 e. The van der Waals surface area contributed by atoms with Gasteiger partial charge in [-0.15, -0.1) is 10.9 Å². The van der Waals surface area contributed by atoms with Gasteiger partial charge in [0.05, 0.1) is 18.5 Å². The van der Waals surface area contributed by atoms with E-state index in [0.717, 1.165) is 37.2 Å². The number of H-pyrrole nitrogens is 1. The lowest BCUT2D eigenvalue weighted by Gasteiger charge is -2.10. The lowest BCUT2D eigenvalue weighted by molar-refractivity contribution is 0.0851. The highest BCUT2D eigenvalue weighted by Gasteiger charge is 2.20. The number of nitrogens with one attached hydrogen (secondary N) is 2. The van der Waals surface area contributed by atoms with E-state index in [1.807, 2.05) is 6.92 Å². The normalized spacial score (nSPS) is 15.9. The van der Waals surface area contributed by atoms with Crippen molar-refractivity contribution >= 4 is 6.21 Å². The molecule has 4 N–H and O–H groups in total. The Hall–Kier alpha value is -3.19. The molecule has 8 nitrogen and oxygen atoms in total. The molecule has 2 heterocycles. The van der Waals surface area contributed by atoms with Crippen molar-refractivity contribution in [1.82, 2.24) is 20.2 Å². The summed E-state index contributed by atoms with van der Waals surface area (Å²) in [5, 5.41) is 1.62. The van der Waals surface area contributed by atoms with Crippen LogP contribution in [0.4, 0.5) is 4.48 Å². The van der Waals surface area contributed by atoms with Crippen LogP contribution in [-0.2, 0) is 6.54 Å². The van der Waals surface area contributed by atoms with Crippen LogP contribution in [0.2, 0.25) is 0 Å². The van der Waals surface area contributed by atoms with Crippen LogP contribution < -0.4 is 22.1 Å². The number of benzene rings is 1. The number of aromatic nitrogens is 2. The van der Waals surface area contributed by atoms with Crippen LogP contribution in [0.25, 0.3) is 0 Å². The van der Waals surface area contributed by atoms with Gasteiger partial charge in [-0.25, -0.2) is 9.80 Å². The van der Waals surface area contributed by atoms with Gasteiger partial charge in [0.1, 0.15) is 0 Å². The van der Waals surface area contributed by atoms with Gasteiger partial charge < -0.3 is 9.82 Å². The van der Waals surface area contributed by atoms with E-state index >= 15 is 0 Å². The third-order valence-electron chi connectivity index (χ3n) is 5.36. The Bertz CT molecular complexity index is 1040. The SMILES string of the molecule is C#Cc1ccc(ON)c(Cn2c(C)c(C=NC(=C)C)[nH]c2=O)c1.CC[C@@H]1CCN(NF)C1. The fraction of sp³-hybridized carbons (Fsp3) is 0.391. The highest BCUT2D eigenvalue weighted by atomic mass is 19.2. The molecule has 1 fully saturated rings. The van der Waals surface area contributed by atoms with Gasteiger partial charge in [0.25, 0.3) is 0 Å². The van der Waals surface area contributed by atoms with Crippen molar-refractivity contribution in [3.05, 3.63) is 63.5 Å². The van der Waals surface area contributed by atoms with Crippen molar-refractivity contribution < 1.29 is 9.32 Å². The van der Waals surface area contributed by atoms with E-state index in [4.69, 9.17) is 17.2 Å². The molecule has 2 aromatic rings. The highest BCUT2D eigenvalue weighted by Crippen LogP contribution is 2.20. The fourth-order valence-electron chi connectivity index (χ4n) is 3.38. The molecule has 0 radical (unpaired) electrons. The Morgan fingerprint density at radius 1 is 1.56 bits per heavy atom. The first kappa shape index (κ1) is 25.1. The minimum Gasteiger partial charge on any atom is -0.411 e. The van der Waals surface area contributed by atoms with Crippen molar-refractivity contribution in [2.24, 2.45) is 16.8 Å². The summed E-state index contributed by atoms with van der Waals surface area (Å²) in [6, 6.07) is 5.17. The number of hydrogen-bond acceptors (Lipinski definition) is 6. The zero-order valence-corrected chi connectivity index (χ0v) is 18.8. The van der Waals surface area contributed by atoms with Gasteiger partial charge in [-0.05, 0) is 44.4 Å². The van der Waals surface area contributed by atoms with Crippen LogP contribution in [0.15, 0.2) is 40.3 Å². The predicted molar refractivity (Wildman–Crippen MR) is 125 cm³/mol. The van der Waals surface area contributed by atoms with E-state index in [9.17, 15) is 9.28 Å². The molecule has 0 unspecified atom stereocenters. The van der Waals surface area contributed by atoms with Crippen LogP contribution in [0.1, 0.15) is 49.2 Å². The van der Waals surface area contributed by atoms with Crippen LogP contribution in [-0.4, -0.2) is 33.9 Å². The Labute approximate surface area is 187 Å². The molecule has 3 rings (SSSR count). The number of halogens is 1. The number of aromatic amines is 1. The van der Waals surface area contributed by atoms with Crippen molar-refractivity contribution in [3.63, 3.8) is 0 Å². The first-order chi connectivity index (χ1) is 15.3. The topological polar surface area (TPSA) is 101 Å². The molecule has 0 aliphatic carbocycles. The largest absolute Gasteiger partial charge is 0.411 e. The number of terminal acetylenes is 1. The molecule has 1 aliphatic rings.